The second-order valence-corrected chi connectivity index (χ2v) is 7.34. The highest BCUT2D eigenvalue weighted by molar-refractivity contribution is 7.89. The van der Waals surface area contributed by atoms with Gasteiger partial charge in [-0.15, -0.1) is 0 Å². The van der Waals surface area contributed by atoms with Crippen LogP contribution in [-0.2, 0) is 16.6 Å². The molecule has 0 saturated carbocycles. The Morgan fingerprint density at radius 1 is 1.00 bits per heavy atom. The van der Waals surface area contributed by atoms with E-state index in [1.54, 1.807) is 13.8 Å². The van der Waals surface area contributed by atoms with Crippen molar-refractivity contribution >= 4 is 10.0 Å². The summed E-state index contributed by atoms with van der Waals surface area (Å²) in [4.78, 5) is 12.2. The number of hydrogen-bond donors (Lipinski definition) is 0. The van der Waals surface area contributed by atoms with Crippen molar-refractivity contribution in [2.75, 3.05) is 13.1 Å². The molecule has 0 atom stereocenters. The van der Waals surface area contributed by atoms with Gasteiger partial charge in [-0.3, -0.25) is 4.79 Å². The van der Waals surface area contributed by atoms with Gasteiger partial charge in [-0.1, -0.05) is 43.7 Å². The van der Waals surface area contributed by atoms with Gasteiger partial charge < -0.3 is 4.57 Å². The molecule has 2 rings (SSSR count). The molecule has 0 aliphatic carbocycles. The van der Waals surface area contributed by atoms with E-state index in [2.05, 4.69) is 0 Å². The molecule has 0 saturated heterocycles. The minimum atomic E-state index is -3.57. The number of sulfonamides is 1. The lowest BCUT2D eigenvalue weighted by Gasteiger charge is -2.19. The van der Waals surface area contributed by atoms with E-state index in [1.165, 1.54) is 27.2 Å². The Kier molecular flexibility index (Phi) is 5.38. The highest BCUT2D eigenvalue weighted by Gasteiger charge is 2.22. The minimum Gasteiger partial charge on any atom is -0.310 e. The van der Waals surface area contributed by atoms with E-state index in [1.807, 2.05) is 31.2 Å². The molecule has 1 aromatic heterocycles. The molecule has 0 fully saturated rings. The van der Waals surface area contributed by atoms with Crippen molar-refractivity contribution in [3.63, 3.8) is 0 Å². The van der Waals surface area contributed by atoms with E-state index in [0.717, 1.165) is 11.1 Å². The van der Waals surface area contributed by atoms with Crippen LogP contribution < -0.4 is 5.56 Å². The zero-order valence-corrected chi connectivity index (χ0v) is 14.5. The molecule has 5 nitrogen and oxygen atoms in total. The lowest BCUT2D eigenvalue weighted by Crippen LogP contribution is -2.32. The summed E-state index contributed by atoms with van der Waals surface area (Å²) in [7, 11) is -3.57. The summed E-state index contributed by atoms with van der Waals surface area (Å²) >= 11 is 0. The average Bonchev–Trinajstić information content (AvgIpc) is 2.52. The molecule has 0 unspecified atom stereocenters. The van der Waals surface area contributed by atoms with Gasteiger partial charge in [0.15, 0.2) is 0 Å². The number of pyridine rings is 1. The zero-order chi connectivity index (χ0) is 17.0. The third-order valence-corrected chi connectivity index (χ3v) is 5.81. The monoisotopic (exact) mass is 334 g/mol. The smallest absolute Gasteiger partial charge is 0.250 e. The Hall–Kier alpha value is -1.92. The molecule has 2 aromatic rings. The van der Waals surface area contributed by atoms with Gasteiger partial charge in [0.05, 0.1) is 11.4 Å². The van der Waals surface area contributed by atoms with Crippen LogP contribution in [0.5, 0.6) is 0 Å². The quantitative estimate of drug-likeness (QED) is 0.814. The SMILES string of the molecule is CCN(CC)S(=O)(=O)c1ccc(=O)n(Cc2ccc(C)cc2)c1. The predicted octanol–water partition coefficient (Wildman–Crippen LogP) is 2.24. The molecule has 0 bridgehead atoms. The maximum atomic E-state index is 12.6. The molecule has 0 aliphatic rings. The third kappa shape index (κ3) is 3.89. The van der Waals surface area contributed by atoms with Crippen molar-refractivity contribution in [2.45, 2.75) is 32.2 Å². The van der Waals surface area contributed by atoms with Gasteiger partial charge in [0.2, 0.25) is 10.0 Å². The maximum absolute atomic E-state index is 12.6. The Morgan fingerprint density at radius 3 is 2.17 bits per heavy atom. The van der Waals surface area contributed by atoms with E-state index in [-0.39, 0.29) is 10.5 Å². The summed E-state index contributed by atoms with van der Waals surface area (Å²) in [6.07, 6.45) is 1.43. The molecular formula is C17H22N2O3S. The molecule has 23 heavy (non-hydrogen) atoms. The predicted molar refractivity (Wildman–Crippen MR) is 91.1 cm³/mol. The fourth-order valence-electron chi connectivity index (χ4n) is 2.39. The Bertz CT molecular complexity index is 820. The van der Waals surface area contributed by atoms with Crippen molar-refractivity contribution in [2.24, 2.45) is 0 Å². The molecule has 1 aromatic carbocycles. The van der Waals surface area contributed by atoms with Crippen LogP contribution in [0.15, 0.2) is 52.3 Å². The van der Waals surface area contributed by atoms with Crippen molar-refractivity contribution < 1.29 is 8.42 Å². The van der Waals surface area contributed by atoms with E-state index < -0.39 is 10.0 Å². The van der Waals surface area contributed by atoms with Gasteiger partial charge in [-0.2, -0.15) is 4.31 Å². The first kappa shape index (κ1) is 17.4. The van der Waals surface area contributed by atoms with Gasteiger partial charge in [0.1, 0.15) is 0 Å². The first-order valence-electron chi connectivity index (χ1n) is 7.64. The lowest BCUT2D eigenvalue weighted by molar-refractivity contribution is 0.444. The van der Waals surface area contributed by atoms with Crippen LogP contribution in [0.2, 0.25) is 0 Å². The van der Waals surface area contributed by atoms with Crippen LogP contribution in [0.3, 0.4) is 0 Å². The average molecular weight is 334 g/mol. The molecule has 124 valence electrons. The molecule has 0 amide bonds. The van der Waals surface area contributed by atoms with Gasteiger partial charge >= 0.3 is 0 Å². The van der Waals surface area contributed by atoms with Crippen LogP contribution in [0, 0.1) is 6.92 Å². The van der Waals surface area contributed by atoms with Gasteiger partial charge in [0, 0.05) is 25.4 Å². The maximum Gasteiger partial charge on any atom is 0.250 e. The molecule has 0 spiro atoms. The van der Waals surface area contributed by atoms with Crippen molar-refractivity contribution in [1.29, 1.82) is 0 Å². The van der Waals surface area contributed by atoms with Crippen LogP contribution in [0.4, 0.5) is 0 Å². The summed E-state index contributed by atoms with van der Waals surface area (Å²) in [6.45, 7) is 6.73. The lowest BCUT2D eigenvalue weighted by atomic mass is 10.1. The summed E-state index contributed by atoms with van der Waals surface area (Å²) in [5.74, 6) is 0. The molecular weight excluding hydrogens is 312 g/mol. The molecule has 0 aliphatic heterocycles. The van der Waals surface area contributed by atoms with Crippen molar-refractivity contribution in [1.82, 2.24) is 8.87 Å². The van der Waals surface area contributed by atoms with E-state index in [0.29, 0.717) is 19.6 Å². The Labute approximate surface area is 137 Å². The van der Waals surface area contributed by atoms with Gasteiger partial charge in [0.25, 0.3) is 5.56 Å². The number of rotatable bonds is 6. The first-order chi connectivity index (χ1) is 10.9. The highest BCUT2D eigenvalue weighted by atomic mass is 32.2. The minimum absolute atomic E-state index is 0.146. The second-order valence-electron chi connectivity index (χ2n) is 5.41. The number of benzene rings is 1. The Morgan fingerprint density at radius 2 is 1.61 bits per heavy atom. The van der Waals surface area contributed by atoms with Crippen molar-refractivity contribution in [3.8, 4) is 0 Å². The van der Waals surface area contributed by atoms with Gasteiger partial charge in [-0.25, -0.2) is 8.42 Å². The fraction of sp³-hybridized carbons (Fsp3) is 0.353. The topological polar surface area (TPSA) is 59.4 Å². The zero-order valence-electron chi connectivity index (χ0n) is 13.7. The Balaban J connectivity index is 2.39. The standard InChI is InChI=1S/C17H22N2O3S/c1-4-19(5-2)23(21,22)16-10-11-17(20)18(13-16)12-15-8-6-14(3)7-9-15/h6-11,13H,4-5,12H2,1-3H3. The molecule has 0 N–H and O–H groups in total. The molecule has 1 heterocycles. The summed E-state index contributed by atoms with van der Waals surface area (Å²) < 4.78 is 27.9. The van der Waals surface area contributed by atoms with E-state index in [4.69, 9.17) is 0 Å². The van der Waals surface area contributed by atoms with E-state index >= 15 is 0 Å². The van der Waals surface area contributed by atoms with Crippen molar-refractivity contribution in [3.05, 3.63) is 64.1 Å². The van der Waals surface area contributed by atoms with E-state index in [9.17, 15) is 13.2 Å². The highest BCUT2D eigenvalue weighted by Crippen LogP contribution is 2.14. The number of nitrogens with zero attached hydrogens (tertiary/aromatic N) is 2. The van der Waals surface area contributed by atoms with Crippen LogP contribution in [0.1, 0.15) is 25.0 Å². The fourth-order valence-corrected chi connectivity index (χ4v) is 3.87. The van der Waals surface area contributed by atoms with Crippen LogP contribution in [0.25, 0.3) is 0 Å². The summed E-state index contributed by atoms with van der Waals surface area (Å²) in [6, 6.07) is 10.5. The number of hydrogen-bond acceptors (Lipinski definition) is 3. The first-order valence-corrected chi connectivity index (χ1v) is 9.08. The molecule has 6 heteroatoms. The molecule has 0 radical (unpaired) electrons. The second kappa shape index (κ2) is 7.10. The number of aromatic nitrogens is 1. The largest absolute Gasteiger partial charge is 0.310 e. The van der Waals surface area contributed by atoms with Gasteiger partial charge in [-0.05, 0) is 18.6 Å². The summed E-state index contributed by atoms with van der Waals surface area (Å²) in [5.41, 5.74) is 1.87. The number of aryl methyl sites for hydroxylation is 1. The summed E-state index contributed by atoms with van der Waals surface area (Å²) in [5, 5.41) is 0. The van der Waals surface area contributed by atoms with Crippen LogP contribution in [-0.4, -0.2) is 30.4 Å². The third-order valence-electron chi connectivity index (χ3n) is 3.77. The van der Waals surface area contributed by atoms with Crippen LogP contribution >= 0.6 is 0 Å². The normalized spacial score (nSPS) is 11.8.